The molecule has 0 bridgehead atoms. The third-order valence-electron chi connectivity index (χ3n) is 2.00. The summed E-state index contributed by atoms with van der Waals surface area (Å²) < 4.78 is 3.63. The number of nitrogens with zero attached hydrogens (tertiary/aromatic N) is 5. The molecule has 0 fully saturated rings. The fraction of sp³-hybridized carbons (Fsp3) is 0.375. The summed E-state index contributed by atoms with van der Waals surface area (Å²) in [6.45, 7) is 1.47. The van der Waals surface area contributed by atoms with Gasteiger partial charge in [-0.3, -0.25) is 4.68 Å². The standard InChI is InChI=1S/C8H11N5O/c14-6-8-5-9-7-12(8)3-4-13-2-1-10-11-13/h1-2,5,7,14H,3-4,6H2. The van der Waals surface area contributed by atoms with E-state index in [1.165, 1.54) is 0 Å². The molecule has 74 valence electrons. The van der Waals surface area contributed by atoms with E-state index in [1.54, 1.807) is 29.6 Å². The van der Waals surface area contributed by atoms with Crippen molar-refractivity contribution in [2.75, 3.05) is 0 Å². The van der Waals surface area contributed by atoms with Gasteiger partial charge in [0.05, 0.1) is 37.6 Å². The van der Waals surface area contributed by atoms with Crippen molar-refractivity contribution in [2.24, 2.45) is 0 Å². The molecule has 0 aliphatic rings. The molecule has 6 heteroatoms. The predicted octanol–water partition coefficient (Wildman–Crippen LogP) is -0.333. The van der Waals surface area contributed by atoms with Gasteiger partial charge in [0.1, 0.15) is 0 Å². The molecule has 0 aliphatic carbocycles. The smallest absolute Gasteiger partial charge is 0.0949 e. The molecule has 0 aliphatic heterocycles. The van der Waals surface area contributed by atoms with Crippen LogP contribution in [0.2, 0.25) is 0 Å². The zero-order chi connectivity index (χ0) is 9.80. The second-order valence-electron chi connectivity index (χ2n) is 2.90. The third-order valence-corrected chi connectivity index (χ3v) is 2.00. The van der Waals surface area contributed by atoms with E-state index < -0.39 is 0 Å². The maximum atomic E-state index is 8.97. The number of aliphatic hydroxyl groups is 1. The van der Waals surface area contributed by atoms with Gasteiger partial charge in [0, 0.05) is 12.7 Å². The van der Waals surface area contributed by atoms with Crippen LogP contribution in [0.4, 0.5) is 0 Å². The Kier molecular flexibility index (Phi) is 2.55. The van der Waals surface area contributed by atoms with Gasteiger partial charge >= 0.3 is 0 Å². The molecule has 2 aromatic heterocycles. The van der Waals surface area contributed by atoms with E-state index in [0.717, 1.165) is 18.8 Å². The summed E-state index contributed by atoms with van der Waals surface area (Å²) in [6.07, 6.45) is 6.79. The molecule has 0 atom stereocenters. The molecule has 0 spiro atoms. The molecule has 14 heavy (non-hydrogen) atoms. The lowest BCUT2D eigenvalue weighted by molar-refractivity contribution is 0.269. The van der Waals surface area contributed by atoms with Crippen LogP contribution in [0.25, 0.3) is 0 Å². The number of aryl methyl sites for hydroxylation is 2. The minimum Gasteiger partial charge on any atom is -0.390 e. The fourth-order valence-corrected chi connectivity index (χ4v) is 1.24. The third kappa shape index (κ3) is 1.80. The van der Waals surface area contributed by atoms with Gasteiger partial charge in [0.2, 0.25) is 0 Å². The van der Waals surface area contributed by atoms with Crippen LogP contribution in [0.1, 0.15) is 5.69 Å². The first kappa shape index (κ1) is 8.89. The molecular weight excluding hydrogens is 182 g/mol. The molecule has 0 aromatic carbocycles. The lowest BCUT2D eigenvalue weighted by Crippen LogP contribution is -2.09. The van der Waals surface area contributed by atoms with Crippen LogP contribution in [-0.2, 0) is 19.7 Å². The summed E-state index contributed by atoms with van der Waals surface area (Å²) in [5.41, 5.74) is 0.810. The summed E-state index contributed by atoms with van der Waals surface area (Å²) in [5, 5.41) is 16.5. The molecule has 1 N–H and O–H groups in total. The Labute approximate surface area is 80.8 Å². The normalized spacial score (nSPS) is 10.6. The van der Waals surface area contributed by atoms with Crippen molar-refractivity contribution >= 4 is 0 Å². The lowest BCUT2D eigenvalue weighted by atomic mass is 10.5. The number of rotatable bonds is 4. The van der Waals surface area contributed by atoms with Crippen LogP contribution in [0.15, 0.2) is 24.9 Å². The van der Waals surface area contributed by atoms with Crippen LogP contribution in [0, 0.1) is 0 Å². The van der Waals surface area contributed by atoms with E-state index >= 15 is 0 Å². The monoisotopic (exact) mass is 193 g/mol. The molecule has 6 nitrogen and oxygen atoms in total. The Bertz CT molecular complexity index is 380. The van der Waals surface area contributed by atoms with Crippen molar-refractivity contribution < 1.29 is 5.11 Å². The Morgan fingerprint density at radius 1 is 1.36 bits per heavy atom. The molecule has 0 saturated heterocycles. The molecule has 0 amide bonds. The number of aliphatic hydroxyl groups excluding tert-OH is 1. The minimum absolute atomic E-state index is 0.0113. The van der Waals surface area contributed by atoms with Crippen LogP contribution < -0.4 is 0 Å². The van der Waals surface area contributed by atoms with E-state index in [0.29, 0.717) is 0 Å². The highest BCUT2D eigenvalue weighted by Gasteiger charge is 2.00. The average molecular weight is 193 g/mol. The number of hydrogen-bond donors (Lipinski definition) is 1. The fourth-order valence-electron chi connectivity index (χ4n) is 1.24. The van der Waals surface area contributed by atoms with Gasteiger partial charge in [-0.2, -0.15) is 0 Å². The van der Waals surface area contributed by atoms with Crippen LogP contribution in [0.3, 0.4) is 0 Å². The molecule has 2 aromatic rings. The highest BCUT2D eigenvalue weighted by molar-refractivity contribution is 4.95. The van der Waals surface area contributed by atoms with Crippen LogP contribution in [-0.4, -0.2) is 29.7 Å². The maximum Gasteiger partial charge on any atom is 0.0949 e. The van der Waals surface area contributed by atoms with Crippen molar-refractivity contribution in [3.05, 3.63) is 30.6 Å². The first-order valence-corrected chi connectivity index (χ1v) is 4.34. The highest BCUT2D eigenvalue weighted by Crippen LogP contribution is 1.99. The highest BCUT2D eigenvalue weighted by atomic mass is 16.3. The van der Waals surface area contributed by atoms with Crippen molar-refractivity contribution in [2.45, 2.75) is 19.7 Å². The molecular formula is C8H11N5O. The molecule has 0 saturated carbocycles. The van der Waals surface area contributed by atoms with E-state index in [-0.39, 0.29) is 6.61 Å². The van der Waals surface area contributed by atoms with Crippen LogP contribution >= 0.6 is 0 Å². The predicted molar refractivity (Wildman–Crippen MR) is 48.2 cm³/mol. The van der Waals surface area contributed by atoms with Gasteiger partial charge in [-0.25, -0.2) is 4.98 Å². The summed E-state index contributed by atoms with van der Waals surface area (Å²) >= 11 is 0. The summed E-state index contributed by atoms with van der Waals surface area (Å²) in [4.78, 5) is 3.95. The Morgan fingerprint density at radius 3 is 3.00 bits per heavy atom. The Hall–Kier alpha value is -1.69. The first-order chi connectivity index (χ1) is 6.90. The number of imidazole rings is 1. The largest absolute Gasteiger partial charge is 0.390 e. The number of hydrogen-bond acceptors (Lipinski definition) is 4. The second-order valence-corrected chi connectivity index (χ2v) is 2.90. The topological polar surface area (TPSA) is 68.8 Å². The molecule has 0 unspecified atom stereocenters. The van der Waals surface area contributed by atoms with Crippen molar-refractivity contribution in [1.82, 2.24) is 24.5 Å². The molecule has 0 radical (unpaired) electrons. The van der Waals surface area contributed by atoms with Gasteiger partial charge in [-0.15, -0.1) is 5.10 Å². The summed E-state index contributed by atoms with van der Waals surface area (Å²) in [7, 11) is 0. The van der Waals surface area contributed by atoms with E-state index in [2.05, 4.69) is 15.3 Å². The van der Waals surface area contributed by atoms with Gasteiger partial charge in [-0.1, -0.05) is 5.21 Å². The SMILES string of the molecule is OCc1cncn1CCn1ccnn1. The summed E-state index contributed by atoms with van der Waals surface area (Å²) in [6, 6.07) is 0. The molecule has 2 rings (SSSR count). The summed E-state index contributed by atoms with van der Waals surface area (Å²) in [5.74, 6) is 0. The van der Waals surface area contributed by atoms with E-state index in [1.807, 2.05) is 4.57 Å². The lowest BCUT2D eigenvalue weighted by Gasteiger charge is -2.05. The average Bonchev–Trinajstić information content (AvgIpc) is 2.85. The van der Waals surface area contributed by atoms with Gasteiger partial charge in [-0.05, 0) is 0 Å². The Morgan fingerprint density at radius 2 is 2.29 bits per heavy atom. The van der Waals surface area contributed by atoms with Crippen LogP contribution in [0.5, 0.6) is 0 Å². The van der Waals surface area contributed by atoms with E-state index in [4.69, 9.17) is 5.11 Å². The Balaban J connectivity index is 1.98. The minimum atomic E-state index is 0.0113. The van der Waals surface area contributed by atoms with Gasteiger partial charge in [0.15, 0.2) is 0 Å². The van der Waals surface area contributed by atoms with Crippen molar-refractivity contribution in [3.63, 3.8) is 0 Å². The zero-order valence-corrected chi connectivity index (χ0v) is 7.61. The quantitative estimate of drug-likeness (QED) is 0.721. The second kappa shape index (κ2) is 4.01. The van der Waals surface area contributed by atoms with E-state index in [9.17, 15) is 0 Å². The van der Waals surface area contributed by atoms with Crippen molar-refractivity contribution in [1.29, 1.82) is 0 Å². The van der Waals surface area contributed by atoms with Gasteiger partial charge < -0.3 is 9.67 Å². The maximum absolute atomic E-state index is 8.97. The van der Waals surface area contributed by atoms with Crippen molar-refractivity contribution in [3.8, 4) is 0 Å². The number of aromatic nitrogens is 5. The zero-order valence-electron chi connectivity index (χ0n) is 7.61. The van der Waals surface area contributed by atoms with Gasteiger partial charge in [0.25, 0.3) is 0 Å². The molecule has 2 heterocycles. The first-order valence-electron chi connectivity index (χ1n) is 4.34.